The Kier molecular flexibility index (Phi) is 12.3. The van der Waals surface area contributed by atoms with Gasteiger partial charge in [-0.3, -0.25) is 19.2 Å². The van der Waals surface area contributed by atoms with Gasteiger partial charge in [-0.1, -0.05) is 57.4 Å². The van der Waals surface area contributed by atoms with E-state index in [1.807, 2.05) is 32.0 Å². The quantitative estimate of drug-likeness (QED) is 0.141. The van der Waals surface area contributed by atoms with Gasteiger partial charge in [0.15, 0.2) is 5.78 Å². The minimum Gasteiger partial charge on any atom is -0.325 e. The molecule has 0 bridgehead atoms. The van der Waals surface area contributed by atoms with Gasteiger partial charge in [-0.15, -0.1) is 0 Å². The first-order valence-electron chi connectivity index (χ1n) is 17.2. The first-order chi connectivity index (χ1) is 20.7. The first-order valence-corrected chi connectivity index (χ1v) is 17.2. The molecule has 0 saturated heterocycles. The predicted octanol–water partition coefficient (Wildman–Crippen LogP) is 8.09. The fourth-order valence-electron chi connectivity index (χ4n) is 7.09. The lowest BCUT2D eigenvalue weighted by molar-refractivity contribution is -0.122. The monoisotopic (exact) mass is 590 g/mol. The Morgan fingerprint density at radius 1 is 0.977 bits per heavy atom. The fraction of sp³-hybridized carbons (Fsp3) is 0.676. The second-order valence-electron chi connectivity index (χ2n) is 13.8. The number of nitrogens with two attached hydrogens (primary N) is 1. The summed E-state index contributed by atoms with van der Waals surface area (Å²) in [4.78, 5) is 51.4. The van der Waals surface area contributed by atoms with Crippen molar-refractivity contribution in [1.82, 2.24) is 0 Å². The number of carbonyl (C=O) groups is 4. The highest BCUT2D eigenvalue weighted by Crippen LogP contribution is 2.42. The number of ketones is 3. The van der Waals surface area contributed by atoms with Crippen molar-refractivity contribution in [2.24, 2.45) is 29.4 Å². The van der Waals surface area contributed by atoms with Crippen LogP contribution in [-0.2, 0) is 14.4 Å². The maximum atomic E-state index is 13.6. The van der Waals surface area contributed by atoms with Crippen LogP contribution in [0.5, 0.6) is 0 Å². The minimum absolute atomic E-state index is 0.000498. The van der Waals surface area contributed by atoms with Crippen molar-refractivity contribution < 1.29 is 19.2 Å². The molecule has 0 aromatic heterocycles. The number of carbonyl (C=O) groups excluding carboxylic acids is 4. The Bertz CT molecular complexity index is 1180. The third kappa shape index (κ3) is 9.44. The Hall–Kier alpha value is -2.60. The Labute approximate surface area is 259 Å². The molecule has 1 aromatic carbocycles. The van der Waals surface area contributed by atoms with E-state index in [1.165, 1.54) is 18.4 Å². The minimum atomic E-state index is -0.637. The van der Waals surface area contributed by atoms with Crippen molar-refractivity contribution in [3.05, 3.63) is 41.0 Å². The maximum Gasteiger partial charge on any atom is 0.231 e. The first kappa shape index (κ1) is 33.3. The molecule has 6 nitrogen and oxygen atoms in total. The van der Waals surface area contributed by atoms with Crippen LogP contribution in [0.4, 0.5) is 5.69 Å². The van der Waals surface area contributed by atoms with Gasteiger partial charge in [-0.2, -0.15) is 0 Å². The molecule has 4 unspecified atom stereocenters. The van der Waals surface area contributed by atoms with Crippen molar-refractivity contribution in [2.45, 2.75) is 135 Å². The summed E-state index contributed by atoms with van der Waals surface area (Å²) < 4.78 is 0. The zero-order valence-electron chi connectivity index (χ0n) is 26.8. The number of nitrogens with one attached hydrogen (secondary N) is 1. The summed E-state index contributed by atoms with van der Waals surface area (Å²) in [6, 6.07) is 5.07. The molecule has 3 aliphatic rings. The molecule has 3 aliphatic carbocycles. The lowest BCUT2D eigenvalue weighted by atomic mass is 9.85. The highest BCUT2D eigenvalue weighted by molar-refractivity contribution is 6.02. The molecular formula is C37H54N2O4. The fourth-order valence-corrected chi connectivity index (χ4v) is 7.09. The summed E-state index contributed by atoms with van der Waals surface area (Å²) in [6.45, 7) is 6.05. The van der Waals surface area contributed by atoms with Gasteiger partial charge in [0.2, 0.25) is 5.91 Å². The van der Waals surface area contributed by atoms with E-state index in [-0.39, 0.29) is 41.1 Å². The van der Waals surface area contributed by atoms with Crippen LogP contribution < -0.4 is 11.1 Å². The van der Waals surface area contributed by atoms with Crippen LogP contribution >= 0.6 is 0 Å². The number of hydrogen-bond acceptors (Lipinski definition) is 5. The van der Waals surface area contributed by atoms with Crippen molar-refractivity contribution in [3.8, 4) is 0 Å². The van der Waals surface area contributed by atoms with Gasteiger partial charge >= 0.3 is 0 Å². The molecule has 0 spiro atoms. The van der Waals surface area contributed by atoms with E-state index in [1.54, 1.807) is 0 Å². The zero-order valence-corrected chi connectivity index (χ0v) is 26.8. The second kappa shape index (κ2) is 15.9. The third-order valence-electron chi connectivity index (χ3n) is 9.96. The van der Waals surface area contributed by atoms with Crippen molar-refractivity contribution in [2.75, 3.05) is 5.32 Å². The molecule has 0 heterocycles. The van der Waals surface area contributed by atoms with E-state index in [2.05, 4.69) is 18.3 Å². The molecule has 4 atom stereocenters. The van der Waals surface area contributed by atoms with E-state index in [0.29, 0.717) is 42.2 Å². The molecule has 0 aliphatic heterocycles. The highest BCUT2D eigenvalue weighted by Gasteiger charge is 2.31. The van der Waals surface area contributed by atoms with Gasteiger partial charge in [-0.05, 0) is 101 Å². The van der Waals surface area contributed by atoms with Crippen LogP contribution in [0.3, 0.4) is 0 Å². The lowest BCUT2D eigenvalue weighted by Gasteiger charge is -2.24. The van der Waals surface area contributed by atoms with Crippen molar-refractivity contribution in [3.63, 3.8) is 0 Å². The molecule has 43 heavy (non-hydrogen) atoms. The Morgan fingerprint density at radius 2 is 1.74 bits per heavy atom. The van der Waals surface area contributed by atoms with Crippen LogP contribution in [0.25, 0.3) is 0 Å². The maximum absolute atomic E-state index is 13.6. The molecule has 2 saturated carbocycles. The molecule has 4 rings (SSSR count). The number of amides is 1. The van der Waals surface area contributed by atoms with E-state index in [0.717, 1.165) is 76.2 Å². The summed E-state index contributed by atoms with van der Waals surface area (Å²) in [5.74, 6) is 1.39. The molecule has 2 fully saturated rings. The number of benzene rings is 1. The van der Waals surface area contributed by atoms with E-state index >= 15 is 0 Å². The summed E-state index contributed by atoms with van der Waals surface area (Å²) in [6.07, 6.45) is 16.5. The average Bonchev–Trinajstić information content (AvgIpc) is 3.78. The number of rotatable bonds is 17. The molecule has 236 valence electrons. The van der Waals surface area contributed by atoms with Gasteiger partial charge in [0.1, 0.15) is 11.6 Å². The molecule has 0 radical (unpaired) electrons. The number of anilines is 1. The highest BCUT2D eigenvalue weighted by atomic mass is 16.2. The van der Waals surface area contributed by atoms with Gasteiger partial charge in [-0.25, -0.2) is 0 Å². The third-order valence-corrected chi connectivity index (χ3v) is 9.96. The molecule has 3 N–H and O–H groups in total. The summed E-state index contributed by atoms with van der Waals surface area (Å²) in [5.41, 5.74) is 10.1. The topological polar surface area (TPSA) is 106 Å². The van der Waals surface area contributed by atoms with Gasteiger partial charge < -0.3 is 11.1 Å². The van der Waals surface area contributed by atoms with Crippen molar-refractivity contribution >= 4 is 28.9 Å². The largest absolute Gasteiger partial charge is 0.325 e. The molecule has 6 heteroatoms. The van der Waals surface area contributed by atoms with E-state index < -0.39 is 6.04 Å². The van der Waals surface area contributed by atoms with Crippen LogP contribution in [0, 0.1) is 23.7 Å². The summed E-state index contributed by atoms with van der Waals surface area (Å²) in [7, 11) is 0. The molecule has 1 aromatic rings. The van der Waals surface area contributed by atoms with Crippen LogP contribution in [0.15, 0.2) is 29.8 Å². The normalized spacial score (nSPS) is 21.9. The number of allylic oxidation sites excluding steroid dienone is 1. The standard InChI is InChI=1S/C37H54N2O4/c1-4-9-26(10-7-16-34(40)24(2)3)31-21-20-29(36(42)32(38)15-6-11-27-12-8-17-35(27)41)23-33(31)39-37(43)30-14-5-13-28(22-30)25-18-19-25/h20-27,30,32H,4-19,38H2,1-3H3,(H,39,43). The van der Waals surface area contributed by atoms with Crippen LogP contribution in [0.2, 0.25) is 0 Å². The van der Waals surface area contributed by atoms with Crippen molar-refractivity contribution in [1.29, 1.82) is 0 Å². The zero-order chi connectivity index (χ0) is 30.9. The van der Waals surface area contributed by atoms with Crippen LogP contribution in [0.1, 0.15) is 145 Å². The number of Topliss-reactive ketones (excluding diaryl/α,β-unsaturated/α-hetero) is 3. The van der Waals surface area contributed by atoms with Crippen LogP contribution in [-0.4, -0.2) is 29.3 Å². The Balaban J connectivity index is 1.51. The summed E-state index contributed by atoms with van der Waals surface area (Å²) >= 11 is 0. The average molecular weight is 591 g/mol. The predicted molar refractivity (Wildman–Crippen MR) is 173 cm³/mol. The van der Waals surface area contributed by atoms with Gasteiger partial charge in [0, 0.05) is 35.9 Å². The lowest BCUT2D eigenvalue weighted by Crippen LogP contribution is -2.31. The summed E-state index contributed by atoms with van der Waals surface area (Å²) in [5, 5.41) is 3.25. The second-order valence-corrected chi connectivity index (χ2v) is 13.8. The SMILES string of the molecule is CCCC(CCCC(=O)C(C)C)c1ccc(C(=O)C(N)CCCC2CCCC2=O)cc1NC(=O)C1C=C(C2CC2)CCC1. The van der Waals surface area contributed by atoms with E-state index in [4.69, 9.17) is 5.73 Å². The smallest absolute Gasteiger partial charge is 0.231 e. The van der Waals surface area contributed by atoms with Gasteiger partial charge in [0.25, 0.3) is 0 Å². The van der Waals surface area contributed by atoms with E-state index in [9.17, 15) is 19.2 Å². The molecule has 1 amide bonds. The Morgan fingerprint density at radius 3 is 2.42 bits per heavy atom. The molecular weight excluding hydrogens is 536 g/mol. The van der Waals surface area contributed by atoms with Gasteiger partial charge in [0.05, 0.1) is 12.0 Å². The number of hydrogen-bond donors (Lipinski definition) is 2.